The lowest BCUT2D eigenvalue weighted by Gasteiger charge is -2.41. The normalized spacial score (nSPS) is 20.7. The quantitative estimate of drug-likeness (QED) is 0.767. The van der Waals surface area contributed by atoms with Gasteiger partial charge in [0.15, 0.2) is 0 Å². The molecule has 27 heavy (non-hydrogen) atoms. The maximum atomic E-state index is 12.7. The number of morpholine rings is 1. The molecular weight excluding hydrogens is 344 g/mol. The first-order valence-corrected chi connectivity index (χ1v) is 9.29. The zero-order chi connectivity index (χ0) is 19.6. The van der Waals surface area contributed by atoms with Crippen molar-refractivity contribution < 1.29 is 19.0 Å². The Kier molecular flexibility index (Phi) is 5.67. The molecule has 0 N–H and O–H groups in total. The van der Waals surface area contributed by atoms with Gasteiger partial charge in [-0.15, -0.1) is 0 Å². The minimum Gasteiger partial charge on any atom is -0.456 e. The number of nitrogens with zero attached hydrogens (tertiary/aromatic N) is 2. The van der Waals surface area contributed by atoms with Crippen LogP contribution in [0.15, 0.2) is 30.5 Å². The molecule has 0 radical (unpaired) electrons. The molecule has 1 saturated heterocycles. The van der Waals surface area contributed by atoms with Crippen LogP contribution in [0.1, 0.15) is 38.1 Å². The maximum absolute atomic E-state index is 12.7. The molecule has 1 fully saturated rings. The predicted octanol–water partition coefficient (Wildman–Crippen LogP) is 3.43. The van der Waals surface area contributed by atoms with Crippen molar-refractivity contribution in [3.8, 4) is 0 Å². The highest BCUT2D eigenvalue weighted by Gasteiger charge is 2.30. The summed E-state index contributed by atoms with van der Waals surface area (Å²) >= 11 is 0. The lowest BCUT2D eigenvalue weighted by Crippen LogP contribution is -2.52. The molecule has 6 nitrogen and oxygen atoms in total. The van der Waals surface area contributed by atoms with E-state index in [0.717, 1.165) is 23.1 Å². The molecule has 0 unspecified atom stereocenters. The summed E-state index contributed by atoms with van der Waals surface area (Å²) in [6.07, 6.45) is 1.71. The molecule has 0 amide bonds. The van der Waals surface area contributed by atoms with Crippen molar-refractivity contribution in [1.29, 1.82) is 0 Å². The molecule has 146 valence electrons. The summed E-state index contributed by atoms with van der Waals surface area (Å²) in [6, 6.07) is 7.83. The van der Waals surface area contributed by atoms with Crippen LogP contribution in [0.25, 0.3) is 10.9 Å². The Morgan fingerprint density at radius 1 is 1.33 bits per heavy atom. The predicted molar refractivity (Wildman–Crippen MR) is 105 cm³/mol. The average Bonchev–Trinajstić information content (AvgIpc) is 2.61. The highest BCUT2D eigenvalue weighted by molar-refractivity contribution is 6.04. The van der Waals surface area contributed by atoms with Crippen LogP contribution in [-0.2, 0) is 14.2 Å². The van der Waals surface area contributed by atoms with Crippen LogP contribution in [-0.4, -0.2) is 55.6 Å². The fourth-order valence-corrected chi connectivity index (χ4v) is 3.41. The molecule has 1 aliphatic heterocycles. The highest BCUT2D eigenvalue weighted by atomic mass is 16.6. The third kappa shape index (κ3) is 4.39. The monoisotopic (exact) mass is 372 g/mol. The van der Waals surface area contributed by atoms with Crippen molar-refractivity contribution in [2.24, 2.45) is 0 Å². The SMILES string of the molecule is COC[C@@H]1[C@@H](C)OCCN1c1ccc2nccc(C(=O)OC(C)(C)C)c2c1. The Balaban J connectivity index is 2.01. The van der Waals surface area contributed by atoms with Gasteiger partial charge in [-0.25, -0.2) is 4.79 Å². The van der Waals surface area contributed by atoms with Gasteiger partial charge >= 0.3 is 5.97 Å². The second kappa shape index (κ2) is 7.82. The van der Waals surface area contributed by atoms with Gasteiger partial charge in [0, 0.05) is 30.9 Å². The van der Waals surface area contributed by atoms with Crippen LogP contribution >= 0.6 is 0 Å². The lowest BCUT2D eigenvalue weighted by molar-refractivity contribution is 0.000677. The molecule has 1 aromatic carbocycles. The molecule has 0 saturated carbocycles. The average molecular weight is 372 g/mol. The standard InChI is InChI=1S/C21H28N2O4/c1-14-19(13-25-5)23(10-11-26-14)15-6-7-18-17(12-15)16(8-9-22-18)20(24)27-21(2,3)4/h6-9,12,14,19H,10-11,13H2,1-5H3/t14-,19-/m1/s1. The van der Waals surface area contributed by atoms with E-state index in [2.05, 4.69) is 16.8 Å². The summed E-state index contributed by atoms with van der Waals surface area (Å²) in [5.74, 6) is -0.337. The zero-order valence-corrected chi connectivity index (χ0v) is 16.7. The molecule has 2 atom stereocenters. The third-order valence-electron chi connectivity index (χ3n) is 4.67. The largest absolute Gasteiger partial charge is 0.456 e. The molecule has 1 aromatic heterocycles. The van der Waals surface area contributed by atoms with Gasteiger partial charge in [-0.3, -0.25) is 4.98 Å². The number of hydrogen-bond donors (Lipinski definition) is 0. The molecule has 3 rings (SSSR count). The lowest BCUT2D eigenvalue weighted by atomic mass is 10.0. The van der Waals surface area contributed by atoms with Gasteiger partial charge in [0.05, 0.1) is 36.4 Å². The van der Waals surface area contributed by atoms with E-state index in [4.69, 9.17) is 14.2 Å². The summed E-state index contributed by atoms with van der Waals surface area (Å²) in [6.45, 7) is 9.66. The zero-order valence-electron chi connectivity index (χ0n) is 16.7. The van der Waals surface area contributed by atoms with Gasteiger partial charge in [0.1, 0.15) is 5.60 Å². The van der Waals surface area contributed by atoms with Crippen molar-refractivity contribution in [2.45, 2.75) is 45.4 Å². The van der Waals surface area contributed by atoms with Crippen molar-refractivity contribution in [3.05, 3.63) is 36.0 Å². The number of esters is 1. The summed E-state index contributed by atoms with van der Waals surface area (Å²) in [5, 5.41) is 0.791. The smallest absolute Gasteiger partial charge is 0.339 e. The number of fused-ring (bicyclic) bond motifs is 1. The van der Waals surface area contributed by atoms with Crippen molar-refractivity contribution in [3.63, 3.8) is 0 Å². The second-order valence-electron chi connectivity index (χ2n) is 7.85. The van der Waals surface area contributed by atoms with E-state index in [-0.39, 0.29) is 18.1 Å². The Bertz CT molecular complexity index is 815. The number of hydrogen-bond acceptors (Lipinski definition) is 6. The highest BCUT2D eigenvalue weighted by Crippen LogP contribution is 2.29. The molecule has 6 heteroatoms. The van der Waals surface area contributed by atoms with Crippen molar-refractivity contribution >= 4 is 22.6 Å². The van der Waals surface area contributed by atoms with Crippen molar-refractivity contribution in [1.82, 2.24) is 4.98 Å². The fraction of sp³-hybridized carbons (Fsp3) is 0.524. The van der Waals surface area contributed by atoms with Crippen LogP contribution < -0.4 is 4.90 Å². The summed E-state index contributed by atoms with van der Waals surface area (Å²) in [5.41, 5.74) is 1.78. The van der Waals surface area contributed by atoms with Gasteiger partial charge in [-0.05, 0) is 52.0 Å². The molecule has 0 bridgehead atoms. The maximum Gasteiger partial charge on any atom is 0.339 e. The Hall–Kier alpha value is -2.18. The number of carbonyl (C=O) groups is 1. The van der Waals surface area contributed by atoms with E-state index >= 15 is 0 Å². The third-order valence-corrected chi connectivity index (χ3v) is 4.67. The Morgan fingerprint density at radius 3 is 2.81 bits per heavy atom. The van der Waals surface area contributed by atoms with Crippen LogP contribution in [0.4, 0.5) is 5.69 Å². The Labute approximate surface area is 160 Å². The van der Waals surface area contributed by atoms with Gasteiger partial charge in [0.2, 0.25) is 0 Å². The number of pyridine rings is 1. The van der Waals surface area contributed by atoms with Gasteiger partial charge in [-0.2, -0.15) is 0 Å². The van der Waals surface area contributed by atoms with E-state index in [0.29, 0.717) is 18.8 Å². The minimum absolute atomic E-state index is 0.0635. The van der Waals surface area contributed by atoms with Gasteiger partial charge in [0.25, 0.3) is 0 Å². The van der Waals surface area contributed by atoms with E-state index in [1.54, 1.807) is 19.4 Å². The van der Waals surface area contributed by atoms with Crippen molar-refractivity contribution in [2.75, 3.05) is 31.8 Å². The first kappa shape index (κ1) is 19.6. The number of aromatic nitrogens is 1. The number of anilines is 1. The van der Waals surface area contributed by atoms with Crippen LogP contribution in [0.5, 0.6) is 0 Å². The number of carbonyl (C=O) groups excluding carboxylic acids is 1. The topological polar surface area (TPSA) is 60.9 Å². The van der Waals surface area contributed by atoms with Crippen LogP contribution in [0.3, 0.4) is 0 Å². The molecule has 1 aliphatic rings. The minimum atomic E-state index is -0.548. The summed E-state index contributed by atoms with van der Waals surface area (Å²) in [7, 11) is 1.70. The van der Waals surface area contributed by atoms with Gasteiger partial charge in [-0.1, -0.05) is 0 Å². The molecule has 0 spiro atoms. The molecule has 2 aromatic rings. The molecule has 0 aliphatic carbocycles. The first-order chi connectivity index (χ1) is 12.8. The molecular formula is C21H28N2O4. The number of methoxy groups -OCH3 is 1. The van der Waals surface area contributed by atoms with Crippen LogP contribution in [0, 0.1) is 0 Å². The first-order valence-electron chi connectivity index (χ1n) is 9.29. The summed E-state index contributed by atoms with van der Waals surface area (Å²) in [4.78, 5) is 19.4. The number of ether oxygens (including phenoxy) is 3. The number of rotatable bonds is 4. The van der Waals surface area contributed by atoms with E-state index in [1.807, 2.05) is 39.0 Å². The fourth-order valence-electron chi connectivity index (χ4n) is 3.41. The van der Waals surface area contributed by atoms with E-state index in [9.17, 15) is 4.79 Å². The van der Waals surface area contributed by atoms with Gasteiger partial charge < -0.3 is 19.1 Å². The number of benzene rings is 1. The Morgan fingerprint density at radius 2 is 2.11 bits per heavy atom. The van der Waals surface area contributed by atoms with E-state index < -0.39 is 5.60 Å². The summed E-state index contributed by atoms with van der Waals surface area (Å²) < 4.78 is 16.8. The molecule has 2 heterocycles. The van der Waals surface area contributed by atoms with Crippen LogP contribution in [0.2, 0.25) is 0 Å². The second-order valence-corrected chi connectivity index (χ2v) is 7.85. The van der Waals surface area contributed by atoms with E-state index in [1.165, 1.54) is 0 Å².